The fourth-order valence-corrected chi connectivity index (χ4v) is 1.90. The number of carbonyl (C=O) groups is 1. The summed E-state index contributed by atoms with van der Waals surface area (Å²) in [5.74, 6) is 0.0154. The maximum absolute atomic E-state index is 12.3. The molecule has 1 amide bonds. The molecule has 5 nitrogen and oxygen atoms in total. The van der Waals surface area contributed by atoms with Crippen molar-refractivity contribution >= 4 is 5.91 Å². The fourth-order valence-electron chi connectivity index (χ4n) is 1.90. The average molecular weight is 235 g/mol. The van der Waals surface area contributed by atoms with Crippen molar-refractivity contribution in [3.8, 4) is 0 Å². The van der Waals surface area contributed by atoms with Gasteiger partial charge in [0.25, 0.3) is 5.91 Å². The molecule has 2 rings (SSSR count). The largest absolute Gasteiger partial charge is 0.373 e. The molecule has 92 valence electrons. The van der Waals surface area contributed by atoms with Crippen molar-refractivity contribution in [1.29, 1.82) is 0 Å². The number of hydrogen-bond acceptors (Lipinski definition) is 4. The second kappa shape index (κ2) is 5.25. The summed E-state index contributed by atoms with van der Waals surface area (Å²) in [5.41, 5.74) is 6.23. The van der Waals surface area contributed by atoms with E-state index in [0.29, 0.717) is 25.3 Å². The molecule has 1 aromatic heterocycles. The number of hydrogen-bond donors (Lipinski definition) is 1. The van der Waals surface area contributed by atoms with Crippen LogP contribution in [0.4, 0.5) is 0 Å². The number of morpholine rings is 1. The molecule has 2 heterocycles. The van der Waals surface area contributed by atoms with Crippen molar-refractivity contribution in [3.63, 3.8) is 0 Å². The molecular weight excluding hydrogens is 218 g/mol. The van der Waals surface area contributed by atoms with Gasteiger partial charge in [0.05, 0.1) is 18.8 Å². The normalized spacial score (nSPS) is 24.7. The Kier molecular flexibility index (Phi) is 3.71. The molecule has 0 radical (unpaired) electrons. The molecule has 0 spiro atoms. The van der Waals surface area contributed by atoms with Gasteiger partial charge in [0, 0.05) is 31.0 Å². The van der Waals surface area contributed by atoms with Gasteiger partial charge in [0.15, 0.2) is 0 Å². The smallest absolute Gasteiger partial charge is 0.254 e. The lowest BCUT2D eigenvalue weighted by Crippen LogP contribution is -2.52. The highest BCUT2D eigenvalue weighted by atomic mass is 16.5. The Labute approximate surface area is 101 Å². The molecule has 17 heavy (non-hydrogen) atoms. The Bertz CT molecular complexity index is 383. The molecule has 0 aromatic carbocycles. The van der Waals surface area contributed by atoms with E-state index in [1.165, 1.54) is 0 Å². The Balaban J connectivity index is 2.12. The van der Waals surface area contributed by atoms with E-state index in [4.69, 9.17) is 10.5 Å². The number of aromatic nitrogens is 1. The number of amides is 1. The predicted molar refractivity (Wildman–Crippen MR) is 63.5 cm³/mol. The van der Waals surface area contributed by atoms with Gasteiger partial charge >= 0.3 is 0 Å². The highest BCUT2D eigenvalue weighted by Crippen LogP contribution is 2.14. The number of nitrogens with zero attached hydrogens (tertiary/aromatic N) is 2. The van der Waals surface area contributed by atoms with Gasteiger partial charge in [0.2, 0.25) is 0 Å². The molecule has 1 aromatic rings. The maximum Gasteiger partial charge on any atom is 0.254 e. The summed E-state index contributed by atoms with van der Waals surface area (Å²) in [4.78, 5) is 18.0. The van der Waals surface area contributed by atoms with Crippen LogP contribution in [-0.4, -0.2) is 47.6 Å². The molecule has 2 unspecified atom stereocenters. The van der Waals surface area contributed by atoms with Crippen LogP contribution in [0.15, 0.2) is 24.5 Å². The first-order chi connectivity index (χ1) is 8.22. The van der Waals surface area contributed by atoms with Crippen LogP contribution in [0.1, 0.15) is 17.3 Å². The van der Waals surface area contributed by atoms with Crippen molar-refractivity contribution in [2.45, 2.75) is 19.1 Å². The summed E-state index contributed by atoms with van der Waals surface area (Å²) in [7, 11) is 0. The zero-order valence-corrected chi connectivity index (χ0v) is 9.87. The lowest BCUT2D eigenvalue weighted by Gasteiger charge is -2.37. The van der Waals surface area contributed by atoms with Crippen molar-refractivity contribution in [2.75, 3.05) is 19.7 Å². The zero-order chi connectivity index (χ0) is 12.3. The second-order valence-electron chi connectivity index (χ2n) is 4.23. The first-order valence-electron chi connectivity index (χ1n) is 5.75. The highest BCUT2D eigenvalue weighted by molar-refractivity contribution is 5.94. The highest BCUT2D eigenvalue weighted by Gasteiger charge is 2.29. The van der Waals surface area contributed by atoms with Gasteiger partial charge in [-0.05, 0) is 19.1 Å². The van der Waals surface area contributed by atoms with Gasteiger partial charge < -0.3 is 15.4 Å². The Hall–Kier alpha value is -1.46. The summed E-state index contributed by atoms with van der Waals surface area (Å²) in [6.45, 7) is 3.51. The van der Waals surface area contributed by atoms with Crippen LogP contribution >= 0.6 is 0 Å². The summed E-state index contributed by atoms with van der Waals surface area (Å²) >= 11 is 0. The Morgan fingerprint density at radius 3 is 2.94 bits per heavy atom. The van der Waals surface area contributed by atoms with Crippen LogP contribution in [0.2, 0.25) is 0 Å². The van der Waals surface area contributed by atoms with E-state index >= 15 is 0 Å². The van der Waals surface area contributed by atoms with Crippen molar-refractivity contribution in [3.05, 3.63) is 30.1 Å². The van der Waals surface area contributed by atoms with E-state index in [1.807, 2.05) is 11.8 Å². The van der Waals surface area contributed by atoms with Gasteiger partial charge in [0.1, 0.15) is 0 Å². The average Bonchev–Trinajstić information content (AvgIpc) is 2.39. The van der Waals surface area contributed by atoms with Crippen LogP contribution in [0, 0.1) is 0 Å². The van der Waals surface area contributed by atoms with Gasteiger partial charge in [-0.25, -0.2) is 0 Å². The van der Waals surface area contributed by atoms with E-state index in [1.54, 1.807) is 24.5 Å². The lowest BCUT2D eigenvalue weighted by molar-refractivity contribution is -0.0426. The van der Waals surface area contributed by atoms with Crippen molar-refractivity contribution in [2.24, 2.45) is 5.73 Å². The number of carbonyl (C=O) groups excluding carboxylic acids is 1. The van der Waals surface area contributed by atoms with Crippen LogP contribution < -0.4 is 5.73 Å². The minimum atomic E-state index is -0.0583. The third-order valence-corrected chi connectivity index (χ3v) is 2.96. The van der Waals surface area contributed by atoms with E-state index in [9.17, 15) is 4.79 Å². The molecule has 1 aliphatic rings. The summed E-state index contributed by atoms with van der Waals surface area (Å²) in [5, 5.41) is 0. The number of rotatable bonds is 2. The monoisotopic (exact) mass is 235 g/mol. The first kappa shape index (κ1) is 12.0. The van der Waals surface area contributed by atoms with Gasteiger partial charge in [-0.1, -0.05) is 0 Å². The summed E-state index contributed by atoms with van der Waals surface area (Å²) < 4.78 is 5.52. The molecule has 2 N–H and O–H groups in total. The molecule has 0 bridgehead atoms. The quantitative estimate of drug-likeness (QED) is 0.799. The summed E-state index contributed by atoms with van der Waals surface area (Å²) in [6, 6.07) is 3.53. The third kappa shape index (κ3) is 2.62. The van der Waals surface area contributed by atoms with Gasteiger partial charge in [-0.2, -0.15) is 0 Å². The molecule has 5 heteroatoms. The molecular formula is C12H17N3O2. The SMILES string of the molecule is CC1COC(CN)CN1C(=O)c1ccncc1. The van der Waals surface area contributed by atoms with Crippen molar-refractivity contribution < 1.29 is 9.53 Å². The summed E-state index contributed by atoms with van der Waals surface area (Å²) in [6.07, 6.45) is 3.19. The lowest BCUT2D eigenvalue weighted by atomic mass is 10.1. The van der Waals surface area contributed by atoms with Gasteiger partial charge in [-0.3, -0.25) is 9.78 Å². The fraction of sp³-hybridized carbons (Fsp3) is 0.500. The van der Waals surface area contributed by atoms with Crippen molar-refractivity contribution in [1.82, 2.24) is 9.88 Å². The molecule has 1 saturated heterocycles. The van der Waals surface area contributed by atoms with E-state index in [2.05, 4.69) is 4.98 Å². The molecule has 0 aliphatic carbocycles. The van der Waals surface area contributed by atoms with Crippen LogP contribution in [-0.2, 0) is 4.74 Å². The number of ether oxygens (including phenoxy) is 1. The minimum absolute atomic E-state index is 0.0154. The standard InChI is InChI=1S/C12H17N3O2/c1-9-8-17-11(6-13)7-15(9)12(16)10-2-4-14-5-3-10/h2-5,9,11H,6-8,13H2,1H3. The van der Waals surface area contributed by atoms with Crippen LogP contribution in [0.25, 0.3) is 0 Å². The topological polar surface area (TPSA) is 68.5 Å². The second-order valence-corrected chi connectivity index (χ2v) is 4.23. The van der Waals surface area contributed by atoms with Crippen LogP contribution in [0.5, 0.6) is 0 Å². The first-order valence-corrected chi connectivity index (χ1v) is 5.75. The predicted octanol–water partition coefficient (Wildman–Crippen LogP) is 0.270. The van der Waals surface area contributed by atoms with E-state index < -0.39 is 0 Å². The zero-order valence-electron chi connectivity index (χ0n) is 9.87. The molecule has 1 fully saturated rings. The number of pyridine rings is 1. The van der Waals surface area contributed by atoms with E-state index in [-0.39, 0.29) is 18.1 Å². The minimum Gasteiger partial charge on any atom is -0.373 e. The molecule has 0 saturated carbocycles. The van der Waals surface area contributed by atoms with Gasteiger partial charge in [-0.15, -0.1) is 0 Å². The third-order valence-electron chi connectivity index (χ3n) is 2.96. The molecule has 2 atom stereocenters. The Morgan fingerprint density at radius 2 is 2.29 bits per heavy atom. The maximum atomic E-state index is 12.3. The van der Waals surface area contributed by atoms with E-state index in [0.717, 1.165) is 0 Å². The van der Waals surface area contributed by atoms with Crippen LogP contribution in [0.3, 0.4) is 0 Å². The number of nitrogens with two attached hydrogens (primary N) is 1. The Morgan fingerprint density at radius 1 is 1.59 bits per heavy atom. The molecule has 1 aliphatic heterocycles.